The summed E-state index contributed by atoms with van der Waals surface area (Å²) in [5.41, 5.74) is 0. The highest BCUT2D eigenvalue weighted by Gasteiger charge is 1.96. The van der Waals surface area contributed by atoms with Gasteiger partial charge in [0.15, 0.2) is 0 Å². The number of nitrogens with one attached hydrogen (secondary N) is 1. The Kier molecular flexibility index (Phi) is 3.72. The number of benzene rings is 1. The summed E-state index contributed by atoms with van der Waals surface area (Å²) < 4.78 is 3.98. The maximum Gasteiger partial charge on any atom is 0.0428 e. The molecule has 1 aromatic rings. The van der Waals surface area contributed by atoms with Crippen LogP contribution in [0.1, 0.15) is 0 Å². The van der Waals surface area contributed by atoms with E-state index in [9.17, 15) is 0 Å². The van der Waals surface area contributed by atoms with Gasteiger partial charge in [0.2, 0.25) is 0 Å². The summed E-state index contributed by atoms with van der Waals surface area (Å²) in [7, 11) is 1.87. The van der Waals surface area contributed by atoms with Crippen LogP contribution in [-0.2, 0) is 0 Å². The minimum Gasteiger partial charge on any atom is -0.263 e. The van der Waals surface area contributed by atoms with Crippen LogP contribution in [0.2, 0.25) is 5.02 Å². The second-order valence-electron chi connectivity index (χ2n) is 1.91. The molecule has 1 rings (SSSR count). The van der Waals surface area contributed by atoms with Crippen molar-refractivity contribution < 1.29 is 0 Å². The molecule has 0 saturated heterocycles. The van der Waals surface area contributed by atoms with Crippen LogP contribution < -0.4 is 4.72 Å². The summed E-state index contributed by atoms with van der Waals surface area (Å²) in [6, 6.07) is 5.78. The van der Waals surface area contributed by atoms with Crippen LogP contribution in [0.25, 0.3) is 0 Å². The molecule has 0 saturated carbocycles. The molecule has 11 heavy (non-hydrogen) atoms. The molecule has 0 aromatic heterocycles. The maximum absolute atomic E-state index is 5.81. The second-order valence-corrected chi connectivity index (χ2v) is 4.35. The molecule has 0 aliphatic carbocycles. The summed E-state index contributed by atoms with van der Waals surface area (Å²) in [5, 5.41) is 0.747. The van der Waals surface area contributed by atoms with Crippen molar-refractivity contribution in [2.75, 3.05) is 7.05 Å². The third-order valence-corrected chi connectivity index (χ3v) is 2.41. The van der Waals surface area contributed by atoms with Crippen molar-refractivity contribution in [3.63, 3.8) is 0 Å². The van der Waals surface area contributed by atoms with E-state index in [0.717, 1.165) is 14.4 Å². The van der Waals surface area contributed by atoms with E-state index in [1.165, 1.54) is 11.9 Å². The molecule has 0 aliphatic heterocycles. The number of hydrogen-bond donors (Lipinski definition) is 1. The Morgan fingerprint density at radius 1 is 1.45 bits per heavy atom. The second kappa shape index (κ2) is 4.36. The summed E-state index contributed by atoms with van der Waals surface area (Å²) in [6.45, 7) is 0. The quantitative estimate of drug-likeness (QED) is 0.811. The molecular formula is C7H7BrClNS. The van der Waals surface area contributed by atoms with E-state index in [2.05, 4.69) is 20.7 Å². The average Bonchev–Trinajstić information content (AvgIpc) is 1.85. The van der Waals surface area contributed by atoms with E-state index in [1.54, 1.807) is 0 Å². The smallest absolute Gasteiger partial charge is 0.0428 e. The van der Waals surface area contributed by atoms with Gasteiger partial charge in [-0.3, -0.25) is 4.72 Å². The molecule has 0 fully saturated rings. The zero-order valence-corrected chi connectivity index (χ0v) is 9.05. The lowest BCUT2D eigenvalue weighted by Crippen LogP contribution is -1.89. The van der Waals surface area contributed by atoms with Crippen LogP contribution in [-0.4, -0.2) is 7.05 Å². The van der Waals surface area contributed by atoms with E-state index < -0.39 is 0 Å². The fourth-order valence-corrected chi connectivity index (χ4v) is 2.39. The minimum atomic E-state index is 0.747. The first-order chi connectivity index (χ1) is 5.22. The Morgan fingerprint density at radius 2 is 2.18 bits per heavy atom. The largest absolute Gasteiger partial charge is 0.263 e. The highest BCUT2D eigenvalue weighted by Crippen LogP contribution is 2.24. The summed E-state index contributed by atoms with van der Waals surface area (Å²) in [4.78, 5) is 1.10. The molecule has 1 N–H and O–H groups in total. The Hall–Kier alpha value is 0.300. The lowest BCUT2D eigenvalue weighted by atomic mass is 10.4. The molecule has 0 heterocycles. The normalized spacial score (nSPS) is 10.1. The van der Waals surface area contributed by atoms with Crippen molar-refractivity contribution in [1.82, 2.24) is 4.72 Å². The van der Waals surface area contributed by atoms with Gasteiger partial charge in [0.1, 0.15) is 0 Å². The first kappa shape index (κ1) is 9.39. The third-order valence-electron chi connectivity index (χ3n) is 1.06. The average molecular weight is 253 g/mol. The van der Waals surface area contributed by atoms with Crippen LogP contribution in [0.15, 0.2) is 27.6 Å². The molecule has 0 aliphatic rings. The Balaban J connectivity index is 2.89. The zero-order valence-electron chi connectivity index (χ0n) is 5.90. The molecule has 4 heteroatoms. The molecule has 0 atom stereocenters. The number of halogens is 2. The van der Waals surface area contributed by atoms with E-state index in [-0.39, 0.29) is 0 Å². The zero-order chi connectivity index (χ0) is 8.27. The molecule has 60 valence electrons. The van der Waals surface area contributed by atoms with Gasteiger partial charge in [-0.1, -0.05) is 27.5 Å². The molecular weight excluding hydrogens is 246 g/mol. The predicted octanol–water partition coefficient (Wildman–Crippen LogP) is 3.33. The van der Waals surface area contributed by atoms with Crippen molar-refractivity contribution in [3.8, 4) is 0 Å². The molecule has 1 nitrogen and oxygen atoms in total. The Labute approximate surface area is 83.8 Å². The highest BCUT2D eigenvalue weighted by atomic mass is 79.9. The van der Waals surface area contributed by atoms with Crippen molar-refractivity contribution in [1.29, 1.82) is 0 Å². The standard InChI is InChI=1S/C7H7BrClNS/c1-10-11-7-3-5(8)2-6(9)4-7/h2-4,10H,1H3. The summed E-state index contributed by atoms with van der Waals surface area (Å²) in [6.07, 6.45) is 0. The fourth-order valence-electron chi connectivity index (χ4n) is 0.705. The van der Waals surface area contributed by atoms with Crippen LogP contribution in [0.5, 0.6) is 0 Å². The van der Waals surface area contributed by atoms with Crippen molar-refractivity contribution in [2.45, 2.75) is 4.90 Å². The molecule has 0 spiro atoms. The van der Waals surface area contributed by atoms with Crippen molar-refractivity contribution >= 4 is 39.5 Å². The lowest BCUT2D eigenvalue weighted by Gasteiger charge is -2.00. The van der Waals surface area contributed by atoms with Crippen LogP contribution in [0.3, 0.4) is 0 Å². The monoisotopic (exact) mass is 251 g/mol. The van der Waals surface area contributed by atoms with Crippen LogP contribution in [0, 0.1) is 0 Å². The topological polar surface area (TPSA) is 12.0 Å². The van der Waals surface area contributed by atoms with Gasteiger partial charge in [0, 0.05) is 14.4 Å². The van der Waals surface area contributed by atoms with Gasteiger partial charge >= 0.3 is 0 Å². The Morgan fingerprint density at radius 3 is 2.73 bits per heavy atom. The van der Waals surface area contributed by atoms with Gasteiger partial charge in [0.25, 0.3) is 0 Å². The number of rotatable bonds is 2. The van der Waals surface area contributed by atoms with Gasteiger partial charge in [-0.2, -0.15) is 0 Å². The third kappa shape index (κ3) is 3.03. The Bertz CT molecular complexity index is 234. The molecule has 0 amide bonds. The highest BCUT2D eigenvalue weighted by molar-refractivity contribution is 9.10. The number of hydrogen-bond acceptors (Lipinski definition) is 2. The van der Waals surface area contributed by atoms with E-state index >= 15 is 0 Å². The van der Waals surface area contributed by atoms with E-state index in [4.69, 9.17) is 11.6 Å². The first-order valence-corrected chi connectivity index (χ1v) is 5.01. The van der Waals surface area contributed by atoms with E-state index in [1.807, 2.05) is 25.2 Å². The first-order valence-electron chi connectivity index (χ1n) is 3.02. The van der Waals surface area contributed by atoms with Crippen LogP contribution >= 0.6 is 39.5 Å². The van der Waals surface area contributed by atoms with Gasteiger partial charge in [-0.05, 0) is 37.2 Å². The molecule has 0 radical (unpaired) electrons. The summed E-state index contributed by atoms with van der Waals surface area (Å²) >= 11 is 10.7. The van der Waals surface area contributed by atoms with Crippen LogP contribution in [0.4, 0.5) is 0 Å². The predicted molar refractivity (Wildman–Crippen MR) is 54.1 cm³/mol. The molecule has 0 bridgehead atoms. The SMILES string of the molecule is CNSc1cc(Cl)cc(Br)c1. The molecule has 1 aromatic carbocycles. The maximum atomic E-state index is 5.81. The molecule has 0 unspecified atom stereocenters. The van der Waals surface area contributed by atoms with Gasteiger partial charge < -0.3 is 0 Å². The lowest BCUT2D eigenvalue weighted by molar-refractivity contribution is 1.27. The summed E-state index contributed by atoms with van der Waals surface area (Å²) in [5.74, 6) is 0. The van der Waals surface area contributed by atoms with Gasteiger partial charge in [-0.25, -0.2) is 0 Å². The van der Waals surface area contributed by atoms with Gasteiger partial charge in [-0.15, -0.1) is 0 Å². The minimum absolute atomic E-state index is 0.747. The van der Waals surface area contributed by atoms with E-state index in [0.29, 0.717) is 0 Å². The fraction of sp³-hybridized carbons (Fsp3) is 0.143. The van der Waals surface area contributed by atoms with Crippen molar-refractivity contribution in [2.24, 2.45) is 0 Å². The van der Waals surface area contributed by atoms with Crippen molar-refractivity contribution in [3.05, 3.63) is 27.7 Å². The van der Waals surface area contributed by atoms with Gasteiger partial charge in [0.05, 0.1) is 0 Å².